The number of aromatic carboxylic acids is 1. The molecule has 2 heterocycles. The number of aromatic nitrogens is 1. The number of nitrogens with one attached hydrogen (secondary N) is 1. The summed E-state index contributed by atoms with van der Waals surface area (Å²) in [7, 11) is -2.18. The van der Waals surface area contributed by atoms with Crippen LogP contribution in [0, 0.1) is 0 Å². The highest BCUT2D eigenvalue weighted by molar-refractivity contribution is 7.92. The number of carbonyl (C=O) groups is 1. The Morgan fingerprint density at radius 3 is 2.33 bits per heavy atom. The standard InChI is InChI=1S/C29H30N4O5S/c1-3-20-8-11-22(12-9-20)39(36,37)31-21-10-13-25-23(18-21)24(29(34)35)19-28(30-25)33-16-14-32(15-17-33)26-6-4-5-7-27(26)38-2/h4-13,18-19,31H,3,14-17H2,1-2H3,(H,34,35). The molecule has 0 saturated carbocycles. The van der Waals surface area contributed by atoms with Gasteiger partial charge in [0.15, 0.2) is 0 Å². The van der Waals surface area contributed by atoms with E-state index >= 15 is 0 Å². The van der Waals surface area contributed by atoms with E-state index in [1.165, 1.54) is 6.07 Å². The van der Waals surface area contributed by atoms with Gasteiger partial charge in [0.05, 0.1) is 28.8 Å². The molecule has 1 aliphatic heterocycles. The van der Waals surface area contributed by atoms with Crippen LogP contribution in [0.2, 0.25) is 0 Å². The minimum atomic E-state index is -3.84. The number of carboxylic acids is 1. The molecule has 202 valence electrons. The number of anilines is 3. The highest BCUT2D eigenvalue weighted by Gasteiger charge is 2.23. The SMILES string of the molecule is CCc1ccc(S(=O)(=O)Nc2ccc3nc(N4CCN(c5ccccc5OC)CC4)cc(C(=O)O)c3c2)cc1. The van der Waals surface area contributed by atoms with Gasteiger partial charge in [0.1, 0.15) is 11.6 Å². The molecule has 0 bridgehead atoms. The Bertz CT molecular complexity index is 1620. The third-order valence-electron chi connectivity index (χ3n) is 6.95. The number of hydrogen-bond acceptors (Lipinski definition) is 7. The van der Waals surface area contributed by atoms with Gasteiger partial charge >= 0.3 is 5.97 Å². The highest BCUT2D eigenvalue weighted by Crippen LogP contribution is 2.31. The van der Waals surface area contributed by atoms with E-state index in [9.17, 15) is 18.3 Å². The zero-order valence-electron chi connectivity index (χ0n) is 21.8. The summed E-state index contributed by atoms with van der Waals surface area (Å²) in [6.45, 7) is 4.76. The molecule has 0 radical (unpaired) electrons. The van der Waals surface area contributed by atoms with Crippen LogP contribution in [-0.2, 0) is 16.4 Å². The Balaban J connectivity index is 1.39. The van der Waals surface area contributed by atoms with E-state index in [4.69, 9.17) is 9.72 Å². The molecule has 39 heavy (non-hydrogen) atoms. The number of para-hydroxylation sites is 2. The average Bonchev–Trinajstić information content (AvgIpc) is 2.96. The normalized spacial score (nSPS) is 13.9. The first-order valence-electron chi connectivity index (χ1n) is 12.7. The number of sulfonamides is 1. The van der Waals surface area contributed by atoms with E-state index in [0.717, 1.165) is 36.5 Å². The van der Waals surface area contributed by atoms with Crippen LogP contribution < -0.4 is 19.3 Å². The van der Waals surface area contributed by atoms with Crippen LogP contribution in [0.25, 0.3) is 10.9 Å². The van der Waals surface area contributed by atoms with Crippen molar-refractivity contribution < 1.29 is 23.1 Å². The van der Waals surface area contributed by atoms with Gasteiger partial charge in [-0.3, -0.25) is 4.72 Å². The molecule has 5 rings (SSSR count). The second kappa shape index (κ2) is 10.8. The maximum atomic E-state index is 12.9. The molecule has 10 heteroatoms. The van der Waals surface area contributed by atoms with Gasteiger partial charge in [-0.2, -0.15) is 0 Å². The number of rotatable bonds is 8. The number of fused-ring (bicyclic) bond motifs is 1. The summed E-state index contributed by atoms with van der Waals surface area (Å²) in [4.78, 5) is 21.4. The van der Waals surface area contributed by atoms with Crippen molar-refractivity contribution in [3.05, 3.63) is 83.9 Å². The van der Waals surface area contributed by atoms with Gasteiger partial charge in [-0.15, -0.1) is 0 Å². The second-order valence-corrected chi connectivity index (χ2v) is 11.0. The van der Waals surface area contributed by atoms with E-state index in [1.54, 1.807) is 49.6 Å². The first-order valence-corrected chi connectivity index (χ1v) is 14.2. The lowest BCUT2D eigenvalue weighted by Crippen LogP contribution is -2.47. The molecule has 0 amide bonds. The fraction of sp³-hybridized carbons (Fsp3) is 0.241. The van der Waals surface area contributed by atoms with Gasteiger partial charge in [0.25, 0.3) is 10.0 Å². The van der Waals surface area contributed by atoms with Gasteiger partial charge in [-0.1, -0.05) is 31.2 Å². The molecular weight excluding hydrogens is 516 g/mol. The summed E-state index contributed by atoms with van der Waals surface area (Å²) >= 11 is 0. The lowest BCUT2D eigenvalue weighted by atomic mass is 10.1. The van der Waals surface area contributed by atoms with Crippen molar-refractivity contribution in [2.24, 2.45) is 0 Å². The molecule has 1 saturated heterocycles. The third-order valence-corrected chi connectivity index (χ3v) is 8.35. The zero-order valence-corrected chi connectivity index (χ0v) is 22.6. The monoisotopic (exact) mass is 546 g/mol. The molecule has 0 spiro atoms. The maximum absolute atomic E-state index is 12.9. The second-order valence-electron chi connectivity index (χ2n) is 9.31. The Morgan fingerprint density at radius 2 is 1.67 bits per heavy atom. The number of ether oxygens (including phenoxy) is 1. The van der Waals surface area contributed by atoms with Crippen LogP contribution in [-0.4, -0.2) is 57.8 Å². The number of piperazine rings is 1. The summed E-state index contributed by atoms with van der Waals surface area (Å²) in [5, 5.41) is 10.4. The van der Waals surface area contributed by atoms with Crippen LogP contribution in [0.5, 0.6) is 5.75 Å². The third kappa shape index (κ3) is 5.46. The van der Waals surface area contributed by atoms with Gasteiger partial charge in [-0.25, -0.2) is 18.2 Å². The van der Waals surface area contributed by atoms with Gasteiger partial charge < -0.3 is 19.6 Å². The fourth-order valence-electron chi connectivity index (χ4n) is 4.80. The summed E-state index contributed by atoms with van der Waals surface area (Å²) in [5.41, 5.74) is 2.87. The first-order chi connectivity index (χ1) is 18.8. The molecule has 0 unspecified atom stereocenters. The molecule has 1 aromatic heterocycles. The lowest BCUT2D eigenvalue weighted by Gasteiger charge is -2.37. The van der Waals surface area contributed by atoms with E-state index in [2.05, 4.69) is 14.5 Å². The van der Waals surface area contributed by atoms with Crippen LogP contribution >= 0.6 is 0 Å². The topological polar surface area (TPSA) is 112 Å². The van der Waals surface area contributed by atoms with Crippen molar-refractivity contribution in [1.29, 1.82) is 0 Å². The molecule has 4 aromatic rings. The van der Waals surface area contributed by atoms with E-state index < -0.39 is 16.0 Å². The number of benzene rings is 3. The number of nitrogens with zero attached hydrogens (tertiary/aromatic N) is 3. The molecule has 0 atom stereocenters. The molecule has 9 nitrogen and oxygen atoms in total. The predicted octanol–water partition coefficient (Wildman–Crippen LogP) is 4.63. The fourth-order valence-corrected chi connectivity index (χ4v) is 5.85. The van der Waals surface area contributed by atoms with E-state index in [-0.39, 0.29) is 16.1 Å². The lowest BCUT2D eigenvalue weighted by molar-refractivity contribution is 0.0699. The number of methoxy groups -OCH3 is 1. The van der Waals surface area contributed by atoms with Crippen molar-refractivity contribution in [2.45, 2.75) is 18.2 Å². The van der Waals surface area contributed by atoms with Crippen LogP contribution in [0.4, 0.5) is 17.2 Å². The Labute approximate surface area is 227 Å². The van der Waals surface area contributed by atoms with E-state index in [0.29, 0.717) is 29.8 Å². The van der Waals surface area contributed by atoms with E-state index in [1.807, 2.05) is 31.2 Å². The molecule has 3 aromatic carbocycles. The summed E-state index contributed by atoms with van der Waals surface area (Å²) in [5.74, 6) is 0.280. The van der Waals surface area contributed by atoms with Crippen LogP contribution in [0.1, 0.15) is 22.8 Å². The quantitative estimate of drug-likeness (QED) is 0.329. The smallest absolute Gasteiger partial charge is 0.336 e. The minimum absolute atomic E-state index is 0.0653. The molecule has 0 aliphatic carbocycles. The first kappa shape index (κ1) is 26.3. The van der Waals surface area contributed by atoms with Gasteiger partial charge in [0, 0.05) is 37.3 Å². The molecule has 1 aliphatic rings. The van der Waals surface area contributed by atoms with Crippen LogP contribution in [0.15, 0.2) is 77.7 Å². The number of aryl methyl sites for hydroxylation is 1. The maximum Gasteiger partial charge on any atom is 0.336 e. The summed E-state index contributed by atoms with van der Waals surface area (Å²) in [6.07, 6.45) is 0.808. The highest BCUT2D eigenvalue weighted by atomic mass is 32.2. The van der Waals surface area contributed by atoms with Crippen molar-refractivity contribution in [3.63, 3.8) is 0 Å². The van der Waals surface area contributed by atoms with Crippen molar-refractivity contribution >= 4 is 44.1 Å². The summed E-state index contributed by atoms with van der Waals surface area (Å²) < 4.78 is 33.9. The predicted molar refractivity (Wildman–Crippen MR) is 153 cm³/mol. The van der Waals surface area contributed by atoms with Crippen molar-refractivity contribution in [2.75, 3.05) is 47.8 Å². The summed E-state index contributed by atoms with van der Waals surface area (Å²) in [6, 6.07) is 20.9. The largest absolute Gasteiger partial charge is 0.495 e. The minimum Gasteiger partial charge on any atom is -0.495 e. The Kier molecular flexibility index (Phi) is 7.30. The number of pyridine rings is 1. The van der Waals surface area contributed by atoms with Gasteiger partial charge in [0.2, 0.25) is 0 Å². The molecular formula is C29H30N4O5S. The number of hydrogen-bond donors (Lipinski definition) is 2. The molecule has 1 fully saturated rings. The molecule has 2 N–H and O–H groups in total. The van der Waals surface area contributed by atoms with Gasteiger partial charge in [-0.05, 0) is 60.5 Å². The number of carboxylic acid groups (broad SMARTS) is 1. The van der Waals surface area contributed by atoms with Crippen LogP contribution in [0.3, 0.4) is 0 Å². The zero-order chi connectivity index (χ0) is 27.6. The van der Waals surface area contributed by atoms with Crippen molar-refractivity contribution in [1.82, 2.24) is 4.98 Å². The average molecular weight is 547 g/mol. The Hall–Kier alpha value is -4.31. The van der Waals surface area contributed by atoms with Crippen molar-refractivity contribution in [3.8, 4) is 5.75 Å². The Morgan fingerprint density at radius 1 is 0.974 bits per heavy atom.